The van der Waals surface area contributed by atoms with Crippen LogP contribution in [-0.4, -0.2) is 45.1 Å². The summed E-state index contributed by atoms with van der Waals surface area (Å²) < 4.78 is 12.7. The number of methoxy groups -OCH3 is 1. The molecular formula is C17H23N5O3S. The van der Waals surface area contributed by atoms with Crippen LogP contribution in [-0.2, 0) is 11.3 Å². The third-order valence-electron chi connectivity index (χ3n) is 4.00. The molecule has 8 nitrogen and oxygen atoms in total. The number of aromatic nitrogens is 4. The summed E-state index contributed by atoms with van der Waals surface area (Å²) in [5.74, 6) is 1.29. The molecule has 1 N–H and O–H groups in total. The molecule has 2 aromatic rings. The second-order valence-electron chi connectivity index (χ2n) is 6.03. The van der Waals surface area contributed by atoms with Gasteiger partial charge in [-0.25, -0.2) is 4.68 Å². The Morgan fingerprint density at radius 2 is 2.23 bits per heavy atom. The van der Waals surface area contributed by atoms with Crippen LogP contribution >= 0.6 is 11.8 Å². The summed E-state index contributed by atoms with van der Waals surface area (Å²) in [7, 11) is 1.60. The topological polar surface area (TPSA) is 91.2 Å². The molecule has 1 amide bonds. The van der Waals surface area contributed by atoms with Crippen LogP contribution < -0.4 is 14.8 Å². The van der Waals surface area contributed by atoms with Gasteiger partial charge in [0.15, 0.2) is 11.5 Å². The Hall–Kier alpha value is -2.29. The van der Waals surface area contributed by atoms with Gasteiger partial charge >= 0.3 is 0 Å². The quantitative estimate of drug-likeness (QED) is 0.670. The zero-order valence-electron chi connectivity index (χ0n) is 15.1. The van der Waals surface area contributed by atoms with Crippen molar-refractivity contribution in [3.63, 3.8) is 0 Å². The van der Waals surface area contributed by atoms with Crippen molar-refractivity contribution in [1.82, 2.24) is 25.5 Å². The molecule has 1 heterocycles. The molecular weight excluding hydrogens is 354 g/mol. The van der Waals surface area contributed by atoms with Crippen LogP contribution in [0.25, 0.3) is 0 Å². The van der Waals surface area contributed by atoms with Crippen molar-refractivity contribution in [3.8, 4) is 11.5 Å². The van der Waals surface area contributed by atoms with E-state index < -0.39 is 0 Å². The van der Waals surface area contributed by atoms with Gasteiger partial charge in [-0.2, -0.15) is 0 Å². The van der Waals surface area contributed by atoms with E-state index in [0.29, 0.717) is 35.8 Å². The molecule has 1 aliphatic carbocycles. The lowest BCUT2D eigenvalue weighted by Crippen LogP contribution is -2.30. The first-order valence-corrected chi connectivity index (χ1v) is 9.52. The van der Waals surface area contributed by atoms with Crippen LogP contribution in [0, 0.1) is 0 Å². The van der Waals surface area contributed by atoms with Crippen molar-refractivity contribution in [2.75, 3.05) is 13.7 Å². The second kappa shape index (κ2) is 8.39. The number of benzene rings is 1. The third kappa shape index (κ3) is 4.46. The molecule has 1 aromatic carbocycles. The highest BCUT2D eigenvalue weighted by atomic mass is 32.2. The van der Waals surface area contributed by atoms with Gasteiger partial charge in [0.25, 0.3) is 0 Å². The maximum Gasteiger partial charge on any atom is 0.233 e. The minimum absolute atomic E-state index is 0.0619. The highest BCUT2D eigenvalue weighted by molar-refractivity contribution is 8.00. The maximum atomic E-state index is 12.4. The highest BCUT2D eigenvalue weighted by Crippen LogP contribution is 2.37. The van der Waals surface area contributed by atoms with Crippen molar-refractivity contribution >= 4 is 17.7 Å². The number of hydrogen-bond donors (Lipinski definition) is 1. The van der Waals surface area contributed by atoms with E-state index in [-0.39, 0.29) is 11.2 Å². The summed E-state index contributed by atoms with van der Waals surface area (Å²) in [4.78, 5) is 12.4. The number of amides is 1. The molecule has 3 rings (SSSR count). The Morgan fingerprint density at radius 3 is 2.92 bits per heavy atom. The largest absolute Gasteiger partial charge is 0.493 e. The van der Waals surface area contributed by atoms with Gasteiger partial charge in [-0.05, 0) is 54.8 Å². The fraction of sp³-hybridized carbons (Fsp3) is 0.529. The summed E-state index contributed by atoms with van der Waals surface area (Å²) >= 11 is 1.38. The molecule has 26 heavy (non-hydrogen) atoms. The van der Waals surface area contributed by atoms with Crippen molar-refractivity contribution < 1.29 is 14.3 Å². The second-order valence-corrected chi connectivity index (χ2v) is 7.34. The van der Waals surface area contributed by atoms with Crippen LogP contribution in [0.5, 0.6) is 11.5 Å². The highest BCUT2D eigenvalue weighted by Gasteiger charge is 2.29. The third-order valence-corrected chi connectivity index (χ3v) is 5.05. The lowest BCUT2D eigenvalue weighted by molar-refractivity contribution is -0.120. The van der Waals surface area contributed by atoms with Gasteiger partial charge in [0, 0.05) is 6.54 Å². The average Bonchev–Trinajstić information content (AvgIpc) is 3.39. The molecule has 9 heteroatoms. The molecule has 0 bridgehead atoms. The predicted octanol–water partition coefficient (Wildman–Crippen LogP) is 2.21. The SMILES string of the molecule is CCOc1ccc(CNC(=O)C(C)Sc2nnnn2C2CC2)cc1OC. The monoisotopic (exact) mass is 377 g/mol. The van der Waals surface area contributed by atoms with Crippen LogP contribution in [0.2, 0.25) is 0 Å². The first kappa shape index (κ1) is 18.5. The molecule has 140 valence electrons. The van der Waals surface area contributed by atoms with E-state index in [1.807, 2.05) is 36.7 Å². The van der Waals surface area contributed by atoms with Gasteiger partial charge < -0.3 is 14.8 Å². The molecule has 0 saturated heterocycles. The number of tetrazole rings is 1. The number of hydrogen-bond acceptors (Lipinski definition) is 7. The maximum absolute atomic E-state index is 12.4. The summed E-state index contributed by atoms with van der Waals surface area (Å²) in [6.07, 6.45) is 2.19. The minimum atomic E-state index is -0.289. The number of rotatable bonds is 9. The molecule has 0 spiro atoms. The van der Waals surface area contributed by atoms with Crippen LogP contribution in [0.3, 0.4) is 0 Å². The number of carbonyl (C=O) groups excluding carboxylic acids is 1. The van der Waals surface area contributed by atoms with E-state index in [1.165, 1.54) is 11.8 Å². The molecule has 1 unspecified atom stereocenters. The standard InChI is InChI=1S/C17H23N5O3S/c1-4-25-14-8-5-12(9-15(14)24-3)10-18-16(23)11(2)26-17-19-20-21-22(17)13-6-7-13/h5,8-9,11,13H,4,6-7,10H2,1-3H3,(H,18,23). The first-order valence-electron chi connectivity index (χ1n) is 8.64. The van der Waals surface area contributed by atoms with Crippen molar-refractivity contribution in [2.45, 2.75) is 49.7 Å². The van der Waals surface area contributed by atoms with Gasteiger partial charge in [0.1, 0.15) is 0 Å². The van der Waals surface area contributed by atoms with E-state index in [1.54, 1.807) is 7.11 Å². The molecule has 1 atom stereocenters. The zero-order valence-corrected chi connectivity index (χ0v) is 16.0. The zero-order chi connectivity index (χ0) is 18.5. The Kier molecular flexibility index (Phi) is 5.97. The van der Waals surface area contributed by atoms with Crippen molar-refractivity contribution in [2.24, 2.45) is 0 Å². The van der Waals surface area contributed by atoms with E-state index in [2.05, 4.69) is 20.8 Å². The summed E-state index contributed by atoms with van der Waals surface area (Å²) in [5, 5.41) is 15.1. The van der Waals surface area contributed by atoms with E-state index in [0.717, 1.165) is 18.4 Å². The Balaban J connectivity index is 1.55. The lowest BCUT2D eigenvalue weighted by atomic mass is 10.2. The van der Waals surface area contributed by atoms with E-state index in [9.17, 15) is 4.79 Å². The first-order chi connectivity index (χ1) is 12.6. The normalized spacial score (nSPS) is 14.7. The van der Waals surface area contributed by atoms with Gasteiger partial charge in [0.2, 0.25) is 11.1 Å². The fourth-order valence-corrected chi connectivity index (χ4v) is 3.34. The van der Waals surface area contributed by atoms with Crippen LogP contribution in [0.15, 0.2) is 23.4 Å². The Bertz CT molecular complexity index is 763. The van der Waals surface area contributed by atoms with Crippen LogP contribution in [0.1, 0.15) is 38.3 Å². The predicted molar refractivity (Wildman–Crippen MR) is 97.4 cm³/mol. The molecule has 0 radical (unpaired) electrons. The fourth-order valence-electron chi connectivity index (χ4n) is 2.45. The molecule has 1 aromatic heterocycles. The molecule has 1 saturated carbocycles. The van der Waals surface area contributed by atoms with E-state index >= 15 is 0 Å². The number of thioether (sulfide) groups is 1. The number of nitrogens with one attached hydrogen (secondary N) is 1. The van der Waals surface area contributed by atoms with Crippen molar-refractivity contribution in [1.29, 1.82) is 0 Å². The van der Waals surface area contributed by atoms with Gasteiger partial charge in [-0.1, -0.05) is 17.8 Å². The summed E-state index contributed by atoms with van der Waals surface area (Å²) in [6.45, 7) is 4.76. The van der Waals surface area contributed by atoms with Gasteiger partial charge in [-0.3, -0.25) is 4.79 Å². The Morgan fingerprint density at radius 1 is 1.42 bits per heavy atom. The van der Waals surface area contributed by atoms with E-state index in [4.69, 9.17) is 9.47 Å². The van der Waals surface area contributed by atoms with Crippen molar-refractivity contribution in [3.05, 3.63) is 23.8 Å². The number of carbonyl (C=O) groups is 1. The van der Waals surface area contributed by atoms with Gasteiger partial charge in [0.05, 0.1) is 25.0 Å². The summed E-state index contributed by atoms with van der Waals surface area (Å²) in [6, 6.07) is 6.03. The number of nitrogens with zero attached hydrogens (tertiary/aromatic N) is 4. The average molecular weight is 377 g/mol. The molecule has 0 aliphatic heterocycles. The smallest absolute Gasteiger partial charge is 0.233 e. The molecule has 1 fully saturated rings. The number of ether oxygens (including phenoxy) is 2. The molecule has 1 aliphatic rings. The minimum Gasteiger partial charge on any atom is -0.493 e. The summed E-state index contributed by atoms with van der Waals surface area (Å²) in [5.41, 5.74) is 0.943. The van der Waals surface area contributed by atoms with Crippen LogP contribution in [0.4, 0.5) is 0 Å². The Labute approximate surface area is 156 Å². The lowest BCUT2D eigenvalue weighted by Gasteiger charge is -2.13. The van der Waals surface area contributed by atoms with Gasteiger partial charge in [-0.15, -0.1) is 5.10 Å².